The first-order valence-electron chi connectivity index (χ1n) is 10.5. The van der Waals surface area contributed by atoms with E-state index in [2.05, 4.69) is 20.5 Å². The zero-order valence-electron chi connectivity index (χ0n) is 16.8. The molecule has 4 heterocycles. The minimum Gasteiger partial charge on any atom is -0.323 e. The lowest BCUT2D eigenvalue weighted by atomic mass is 10.0. The smallest absolute Gasteiger partial charge is 0.162 e. The van der Waals surface area contributed by atoms with Gasteiger partial charge in [-0.05, 0) is 55.2 Å². The third kappa shape index (κ3) is 3.18. The fraction of sp³-hybridized carbons (Fsp3) is 0.304. The molecule has 1 aliphatic heterocycles. The Kier molecular flexibility index (Phi) is 4.11. The average Bonchev–Trinajstić information content (AvgIpc) is 3.33. The molecule has 8 heteroatoms. The van der Waals surface area contributed by atoms with Crippen LogP contribution in [0.3, 0.4) is 0 Å². The SMILES string of the molecule is N#Cc1cnc2ccc(-c3c(-c4ccc(F)cc4)ncn3C3CN(CC4CC4)C3)nn12. The van der Waals surface area contributed by atoms with Crippen LogP contribution in [0.5, 0.6) is 0 Å². The van der Waals surface area contributed by atoms with Crippen molar-refractivity contribution < 1.29 is 4.39 Å². The second-order valence-corrected chi connectivity index (χ2v) is 8.42. The lowest BCUT2D eigenvalue weighted by molar-refractivity contribution is 0.102. The number of nitriles is 1. The Morgan fingerprint density at radius 1 is 1.06 bits per heavy atom. The van der Waals surface area contributed by atoms with E-state index in [9.17, 15) is 9.65 Å². The molecular formula is C23H20FN7. The largest absolute Gasteiger partial charge is 0.323 e. The number of benzene rings is 1. The Labute approximate surface area is 178 Å². The second kappa shape index (κ2) is 7.00. The van der Waals surface area contributed by atoms with E-state index in [0.29, 0.717) is 23.1 Å². The van der Waals surface area contributed by atoms with Gasteiger partial charge in [-0.15, -0.1) is 0 Å². The minimum absolute atomic E-state index is 0.281. The van der Waals surface area contributed by atoms with Gasteiger partial charge in [-0.25, -0.2) is 18.9 Å². The highest BCUT2D eigenvalue weighted by atomic mass is 19.1. The molecule has 7 nitrogen and oxygen atoms in total. The van der Waals surface area contributed by atoms with E-state index in [-0.39, 0.29) is 5.82 Å². The number of rotatable bonds is 5. The van der Waals surface area contributed by atoms with E-state index in [1.54, 1.807) is 16.6 Å². The van der Waals surface area contributed by atoms with Crippen LogP contribution in [0.25, 0.3) is 28.3 Å². The normalized spacial score (nSPS) is 17.0. The molecule has 4 aromatic rings. The third-order valence-electron chi connectivity index (χ3n) is 6.18. The first kappa shape index (κ1) is 18.2. The maximum atomic E-state index is 13.5. The standard InChI is InChI=1S/C23H20FN7/c24-17-5-3-16(4-6-17)22-23(20-7-8-21-26-10-18(9-25)31(21)28-20)30(14-27-22)19-12-29(13-19)11-15-1-2-15/h3-8,10,14-15,19H,1-2,11-13H2. The first-order valence-corrected chi connectivity index (χ1v) is 10.5. The number of likely N-dealkylation sites (tertiary alicyclic amines) is 1. The summed E-state index contributed by atoms with van der Waals surface area (Å²) in [6.45, 7) is 3.15. The summed E-state index contributed by atoms with van der Waals surface area (Å²) in [6, 6.07) is 12.6. The summed E-state index contributed by atoms with van der Waals surface area (Å²) in [6.07, 6.45) is 6.08. The number of hydrogen-bond acceptors (Lipinski definition) is 5. The molecule has 0 atom stereocenters. The summed E-state index contributed by atoms with van der Waals surface area (Å²) < 4.78 is 17.3. The van der Waals surface area contributed by atoms with Crippen LogP contribution in [0.15, 0.2) is 48.9 Å². The molecule has 1 aromatic carbocycles. The van der Waals surface area contributed by atoms with Crippen LogP contribution < -0.4 is 0 Å². The molecule has 3 aromatic heterocycles. The lowest BCUT2D eigenvalue weighted by Gasteiger charge is -2.40. The van der Waals surface area contributed by atoms with Crippen LogP contribution in [0.2, 0.25) is 0 Å². The van der Waals surface area contributed by atoms with E-state index in [0.717, 1.165) is 36.0 Å². The van der Waals surface area contributed by atoms with E-state index in [1.807, 2.05) is 18.5 Å². The monoisotopic (exact) mass is 413 g/mol. The Morgan fingerprint density at radius 3 is 2.61 bits per heavy atom. The van der Waals surface area contributed by atoms with Gasteiger partial charge in [-0.2, -0.15) is 10.4 Å². The molecule has 2 fully saturated rings. The van der Waals surface area contributed by atoms with Crippen LogP contribution in [0.4, 0.5) is 4.39 Å². The van der Waals surface area contributed by atoms with Crippen molar-refractivity contribution >= 4 is 5.65 Å². The number of imidazole rings is 2. The highest BCUT2D eigenvalue weighted by molar-refractivity contribution is 5.77. The van der Waals surface area contributed by atoms with Crippen molar-refractivity contribution in [2.45, 2.75) is 18.9 Å². The summed E-state index contributed by atoms with van der Waals surface area (Å²) in [7, 11) is 0. The van der Waals surface area contributed by atoms with Gasteiger partial charge in [-0.1, -0.05) is 0 Å². The molecule has 6 rings (SSSR count). The van der Waals surface area contributed by atoms with Crippen LogP contribution in [-0.4, -0.2) is 48.7 Å². The van der Waals surface area contributed by atoms with Gasteiger partial charge in [0.1, 0.15) is 17.6 Å². The fourth-order valence-electron chi connectivity index (χ4n) is 4.32. The van der Waals surface area contributed by atoms with Crippen LogP contribution in [-0.2, 0) is 0 Å². The van der Waals surface area contributed by atoms with Gasteiger partial charge in [0.05, 0.1) is 30.0 Å². The molecule has 1 saturated heterocycles. The Bertz CT molecular complexity index is 1300. The summed E-state index contributed by atoms with van der Waals surface area (Å²) in [4.78, 5) is 11.4. The average molecular weight is 413 g/mol. The molecular weight excluding hydrogens is 393 g/mol. The van der Waals surface area contributed by atoms with Gasteiger partial charge < -0.3 is 4.57 Å². The topological polar surface area (TPSA) is 75.0 Å². The van der Waals surface area contributed by atoms with E-state index in [1.165, 1.54) is 37.7 Å². The Hall–Kier alpha value is -3.57. The van der Waals surface area contributed by atoms with Gasteiger partial charge in [0, 0.05) is 25.2 Å². The van der Waals surface area contributed by atoms with Crippen LogP contribution in [0, 0.1) is 23.1 Å². The number of halogens is 1. The van der Waals surface area contributed by atoms with Crippen molar-refractivity contribution in [1.82, 2.24) is 29.0 Å². The molecule has 2 aliphatic rings. The van der Waals surface area contributed by atoms with Gasteiger partial charge >= 0.3 is 0 Å². The predicted octanol–water partition coefficient (Wildman–Crippen LogP) is 3.54. The Balaban J connectivity index is 1.44. The van der Waals surface area contributed by atoms with Crippen molar-refractivity contribution in [2.24, 2.45) is 5.92 Å². The van der Waals surface area contributed by atoms with Crippen molar-refractivity contribution in [3.63, 3.8) is 0 Å². The van der Waals surface area contributed by atoms with Crippen molar-refractivity contribution in [1.29, 1.82) is 5.26 Å². The van der Waals surface area contributed by atoms with E-state index < -0.39 is 0 Å². The quantitative estimate of drug-likeness (QED) is 0.500. The highest BCUT2D eigenvalue weighted by Gasteiger charge is 2.35. The van der Waals surface area contributed by atoms with Crippen molar-refractivity contribution in [2.75, 3.05) is 19.6 Å². The summed E-state index contributed by atoms with van der Waals surface area (Å²) in [5, 5.41) is 14.1. The number of hydrogen-bond donors (Lipinski definition) is 0. The highest BCUT2D eigenvalue weighted by Crippen LogP contribution is 2.37. The number of nitrogens with zero attached hydrogens (tertiary/aromatic N) is 7. The second-order valence-electron chi connectivity index (χ2n) is 8.42. The molecule has 0 unspecified atom stereocenters. The Morgan fingerprint density at radius 2 is 1.87 bits per heavy atom. The van der Waals surface area contributed by atoms with E-state index in [4.69, 9.17) is 10.1 Å². The van der Waals surface area contributed by atoms with Gasteiger partial charge in [-0.3, -0.25) is 4.90 Å². The van der Waals surface area contributed by atoms with Gasteiger partial charge in [0.2, 0.25) is 0 Å². The maximum absolute atomic E-state index is 13.5. The molecule has 31 heavy (non-hydrogen) atoms. The molecule has 0 N–H and O–H groups in total. The summed E-state index contributed by atoms with van der Waals surface area (Å²) >= 11 is 0. The van der Waals surface area contributed by atoms with E-state index >= 15 is 0 Å². The fourth-order valence-corrected chi connectivity index (χ4v) is 4.32. The number of fused-ring (bicyclic) bond motifs is 1. The minimum atomic E-state index is -0.281. The van der Waals surface area contributed by atoms with Crippen molar-refractivity contribution in [3.05, 3.63) is 60.4 Å². The maximum Gasteiger partial charge on any atom is 0.162 e. The molecule has 1 saturated carbocycles. The molecule has 154 valence electrons. The summed E-state index contributed by atoms with van der Waals surface area (Å²) in [5.74, 6) is 0.587. The third-order valence-corrected chi connectivity index (χ3v) is 6.18. The lowest BCUT2D eigenvalue weighted by Crippen LogP contribution is -2.48. The molecule has 0 bridgehead atoms. The number of aromatic nitrogens is 5. The molecule has 0 radical (unpaired) electrons. The van der Waals surface area contributed by atoms with Crippen LogP contribution in [0.1, 0.15) is 24.6 Å². The predicted molar refractivity (Wildman–Crippen MR) is 113 cm³/mol. The first-order chi connectivity index (χ1) is 15.2. The molecule has 1 aliphatic carbocycles. The van der Waals surface area contributed by atoms with Gasteiger partial charge in [0.25, 0.3) is 0 Å². The molecule has 0 spiro atoms. The molecule has 0 amide bonds. The zero-order chi connectivity index (χ0) is 20.9. The van der Waals surface area contributed by atoms with Crippen molar-refractivity contribution in [3.8, 4) is 28.7 Å². The zero-order valence-corrected chi connectivity index (χ0v) is 16.8. The summed E-state index contributed by atoms with van der Waals surface area (Å²) in [5.41, 5.74) is 4.17. The van der Waals surface area contributed by atoms with Crippen LogP contribution >= 0.6 is 0 Å². The van der Waals surface area contributed by atoms with Gasteiger partial charge in [0.15, 0.2) is 11.3 Å².